The van der Waals surface area contributed by atoms with Crippen molar-refractivity contribution in [2.24, 2.45) is 0 Å². The van der Waals surface area contributed by atoms with Crippen LogP contribution in [0.25, 0.3) is 0 Å². The Labute approximate surface area is 162 Å². The monoisotopic (exact) mass is 380 g/mol. The van der Waals surface area contributed by atoms with Crippen LogP contribution in [0.15, 0.2) is 52.3 Å². The predicted octanol–water partition coefficient (Wildman–Crippen LogP) is 2.43. The number of aromatic nitrogens is 4. The minimum Gasteiger partial charge on any atom is -0.354 e. The molecule has 0 saturated carbocycles. The zero-order valence-electron chi connectivity index (χ0n) is 15.8. The molecule has 1 atom stereocenters. The molecule has 0 bridgehead atoms. The second-order valence-electron chi connectivity index (χ2n) is 7.04. The van der Waals surface area contributed by atoms with E-state index in [4.69, 9.17) is 0 Å². The van der Waals surface area contributed by atoms with Gasteiger partial charge in [-0.2, -0.15) is 5.10 Å². The van der Waals surface area contributed by atoms with Gasteiger partial charge in [-0.3, -0.25) is 19.4 Å². The molecule has 8 heteroatoms. The summed E-state index contributed by atoms with van der Waals surface area (Å²) in [5.74, 6) is 0.547. The van der Waals surface area contributed by atoms with Gasteiger partial charge in [-0.05, 0) is 12.0 Å². The lowest BCUT2D eigenvalue weighted by molar-refractivity contribution is 0.634. The Hall–Kier alpha value is -3.29. The van der Waals surface area contributed by atoms with E-state index in [2.05, 4.69) is 39.4 Å². The highest BCUT2D eigenvalue weighted by Gasteiger charge is 2.33. The topological polar surface area (TPSA) is 98.8 Å². The van der Waals surface area contributed by atoms with E-state index in [0.717, 1.165) is 31.4 Å². The van der Waals surface area contributed by atoms with Gasteiger partial charge < -0.3 is 10.2 Å². The summed E-state index contributed by atoms with van der Waals surface area (Å²) in [5, 5.41) is 7.74. The van der Waals surface area contributed by atoms with Crippen LogP contribution >= 0.6 is 0 Å². The van der Waals surface area contributed by atoms with Crippen LogP contribution in [0.1, 0.15) is 43.5 Å². The number of benzene rings is 1. The molecular weight excluding hydrogens is 356 g/mol. The van der Waals surface area contributed by atoms with Gasteiger partial charge >= 0.3 is 5.69 Å². The molecule has 0 aliphatic carbocycles. The molecule has 1 aromatic carbocycles. The lowest BCUT2D eigenvalue weighted by Gasteiger charge is -2.25. The Balaban J connectivity index is 1.61. The number of nitrogens with zero attached hydrogens (tertiary/aromatic N) is 3. The number of fused-ring (bicyclic) bond motifs is 1. The molecular formula is C20H24N6O2. The van der Waals surface area contributed by atoms with Crippen molar-refractivity contribution < 1.29 is 0 Å². The molecule has 1 unspecified atom stereocenters. The first-order chi connectivity index (χ1) is 13.7. The van der Waals surface area contributed by atoms with E-state index in [1.165, 1.54) is 5.56 Å². The van der Waals surface area contributed by atoms with Crippen molar-refractivity contribution in [2.75, 3.05) is 16.8 Å². The number of hydrogen-bond donors (Lipinski definition) is 3. The third-order valence-electron chi connectivity index (χ3n) is 4.96. The molecule has 146 valence electrons. The molecule has 8 nitrogen and oxygen atoms in total. The van der Waals surface area contributed by atoms with Gasteiger partial charge in [0.15, 0.2) is 0 Å². The summed E-state index contributed by atoms with van der Waals surface area (Å²) in [5.41, 5.74) is 1.62. The Kier molecular flexibility index (Phi) is 5.01. The fourth-order valence-electron chi connectivity index (χ4n) is 3.58. The van der Waals surface area contributed by atoms with Crippen LogP contribution < -0.4 is 21.5 Å². The molecule has 0 radical (unpaired) electrons. The van der Waals surface area contributed by atoms with Crippen molar-refractivity contribution in [3.63, 3.8) is 0 Å². The van der Waals surface area contributed by atoms with Gasteiger partial charge in [0.2, 0.25) is 0 Å². The van der Waals surface area contributed by atoms with Crippen molar-refractivity contribution in [3.05, 3.63) is 74.7 Å². The second-order valence-corrected chi connectivity index (χ2v) is 7.04. The molecule has 0 saturated heterocycles. The third kappa shape index (κ3) is 3.58. The Morgan fingerprint density at radius 1 is 1.11 bits per heavy atom. The van der Waals surface area contributed by atoms with Gasteiger partial charge in [0.05, 0.1) is 12.7 Å². The van der Waals surface area contributed by atoms with Crippen molar-refractivity contribution in [1.29, 1.82) is 0 Å². The molecule has 2 aromatic heterocycles. The zero-order valence-corrected chi connectivity index (χ0v) is 15.8. The van der Waals surface area contributed by atoms with Crippen LogP contribution in [0.5, 0.6) is 0 Å². The van der Waals surface area contributed by atoms with Gasteiger partial charge in [0.1, 0.15) is 17.7 Å². The Bertz CT molecular complexity index is 1050. The maximum Gasteiger partial charge on any atom is 0.327 e. The summed E-state index contributed by atoms with van der Waals surface area (Å²) in [6.45, 7) is 3.56. The van der Waals surface area contributed by atoms with Crippen LogP contribution in [0.2, 0.25) is 0 Å². The van der Waals surface area contributed by atoms with E-state index >= 15 is 0 Å². The maximum atomic E-state index is 12.2. The number of nitrogens with one attached hydrogen (secondary N) is 3. The Morgan fingerprint density at radius 3 is 2.71 bits per heavy atom. The summed E-state index contributed by atoms with van der Waals surface area (Å²) < 4.78 is 1.88. The highest BCUT2D eigenvalue weighted by Crippen LogP contribution is 2.36. The molecule has 4 rings (SSSR count). The molecule has 0 fully saturated rings. The highest BCUT2D eigenvalue weighted by atomic mass is 16.2. The average molecular weight is 380 g/mol. The number of hydrogen-bond acceptors (Lipinski definition) is 5. The second kappa shape index (κ2) is 7.75. The lowest BCUT2D eigenvalue weighted by atomic mass is 10.2. The van der Waals surface area contributed by atoms with E-state index in [9.17, 15) is 9.59 Å². The number of H-pyrrole nitrogens is 2. The largest absolute Gasteiger partial charge is 0.354 e. The summed E-state index contributed by atoms with van der Waals surface area (Å²) in [6.07, 6.45) is 6.71. The van der Waals surface area contributed by atoms with Crippen LogP contribution in [0.4, 0.5) is 11.5 Å². The van der Waals surface area contributed by atoms with E-state index in [1.54, 1.807) is 0 Å². The van der Waals surface area contributed by atoms with E-state index in [0.29, 0.717) is 18.1 Å². The smallest absolute Gasteiger partial charge is 0.327 e. The molecule has 1 aliphatic rings. The SMILES string of the molecule is CCCCCN1c2[nH]c(=O)[nH]c(=O)c2NC1c1cnn(Cc2ccccc2)c1. The first-order valence-corrected chi connectivity index (χ1v) is 9.61. The van der Waals surface area contributed by atoms with Crippen molar-refractivity contribution in [2.45, 2.75) is 38.9 Å². The van der Waals surface area contributed by atoms with Crippen molar-refractivity contribution in [1.82, 2.24) is 19.7 Å². The highest BCUT2D eigenvalue weighted by molar-refractivity contribution is 5.71. The first kappa shape index (κ1) is 18.1. The summed E-state index contributed by atoms with van der Waals surface area (Å²) in [7, 11) is 0. The Morgan fingerprint density at radius 2 is 1.93 bits per heavy atom. The van der Waals surface area contributed by atoms with E-state index in [-0.39, 0.29) is 6.17 Å². The minimum atomic E-state index is -0.494. The number of rotatable bonds is 7. The summed E-state index contributed by atoms with van der Waals surface area (Å²) in [4.78, 5) is 31.2. The number of anilines is 2. The molecule has 0 amide bonds. The predicted molar refractivity (Wildman–Crippen MR) is 109 cm³/mol. The van der Waals surface area contributed by atoms with Gasteiger partial charge in [0, 0.05) is 18.3 Å². The van der Waals surface area contributed by atoms with Crippen LogP contribution in [0, 0.1) is 0 Å². The van der Waals surface area contributed by atoms with Gasteiger partial charge in [-0.15, -0.1) is 0 Å². The maximum absolute atomic E-state index is 12.2. The number of unbranched alkanes of at least 4 members (excludes halogenated alkanes) is 2. The van der Waals surface area contributed by atoms with Crippen LogP contribution in [0.3, 0.4) is 0 Å². The molecule has 3 aromatic rings. The molecule has 0 spiro atoms. The van der Waals surface area contributed by atoms with Gasteiger partial charge in [0.25, 0.3) is 5.56 Å². The lowest BCUT2D eigenvalue weighted by Crippen LogP contribution is -2.30. The summed E-state index contributed by atoms with van der Waals surface area (Å²) in [6, 6.07) is 10.1. The van der Waals surface area contributed by atoms with Crippen molar-refractivity contribution in [3.8, 4) is 0 Å². The van der Waals surface area contributed by atoms with Gasteiger partial charge in [-0.25, -0.2) is 4.79 Å². The van der Waals surface area contributed by atoms with Gasteiger partial charge in [-0.1, -0.05) is 50.1 Å². The molecule has 3 N–H and O–H groups in total. The molecule has 3 heterocycles. The van der Waals surface area contributed by atoms with E-state index in [1.807, 2.05) is 40.2 Å². The summed E-state index contributed by atoms with van der Waals surface area (Å²) >= 11 is 0. The standard InChI is InChI=1S/C20H24N6O2/c1-2-3-7-10-26-17(22-16-18(26)23-20(28)24-19(16)27)15-11-21-25(13-15)12-14-8-5-4-6-9-14/h4-6,8-9,11,13,17,22H,2-3,7,10,12H2,1H3,(H2,23,24,27,28). The minimum absolute atomic E-state index is 0.240. The average Bonchev–Trinajstić information content (AvgIpc) is 3.28. The van der Waals surface area contributed by atoms with E-state index < -0.39 is 11.2 Å². The van der Waals surface area contributed by atoms with Crippen LogP contribution in [-0.2, 0) is 6.54 Å². The number of aromatic amines is 2. The molecule has 1 aliphatic heterocycles. The molecule has 28 heavy (non-hydrogen) atoms. The quantitative estimate of drug-likeness (QED) is 0.547. The fraction of sp³-hybridized carbons (Fsp3) is 0.350. The normalized spacial score (nSPS) is 15.5. The fourth-order valence-corrected chi connectivity index (χ4v) is 3.58. The van der Waals surface area contributed by atoms with Crippen LogP contribution in [-0.4, -0.2) is 26.3 Å². The first-order valence-electron chi connectivity index (χ1n) is 9.61. The third-order valence-corrected chi connectivity index (χ3v) is 4.96. The van der Waals surface area contributed by atoms with Crippen molar-refractivity contribution >= 4 is 11.5 Å². The zero-order chi connectivity index (χ0) is 19.5.